The van der Waals surface area contributed by atoms with Gasteiger partial charge in [0, 0.05) is 30.9 Å². The van der Waals surface area contributed by atoms with Crippen LogP contribution in [0.25, 0.3) is 0 Å². The van der Waals surface area contributed by atoms with E-state index in [1.807, 2.05) is 16.8 Å². The standard InChI is InChI=1S/C17H22N4O3/c22-16-6-11(9-21-4-3-18-10-21)5-15(16)19-17(23)8-13-7-14(20-24-13)12-1-2-12/h3-4,7,10-12,15-16,22H,1-2,5-6,8-9H2,(H,19,23)/t11?,15-,16-/m1/s1. The summed E-state index contributed by atoms with van der Waals surface area (Å²) in [6, 6.07) is 1.68. The van der Waals surface area contributed by atoms with Crippen molar-refractivity contribution in [3.63, 3.8) is 0 Å². The Bertz CT molecular complexity index is 693. The number of imidazole rings is 1. The first-order valence-corrected chi connectivity index (χ1v) is 8.56. The van der Waals surface area contributed by atoms with Crippen LogP contribution >= 0.6 is 0 Å². The van der Waals surface area contributed by atoms with Crippen molar-refractivity contribution in [1.29, 1.82) is 0 Å². The number of aliphatic hydroxyl groups is 1. The molecule has 0 spiro atoms. The lowest BCUT2D eigenvalue weighted by molar-refractivity contribution is -0.122. The van der Waals surface area contributed by atoms with Crippen molar-refractivity contribution >= 4 is 5.91 Å². The molecule has 3 atom stereocenters. The molecule has 2 heterocycles. The number of hydrogen-bond donors (Lipinski definition) is 2. The van der Waals surface area contributed by atoms with Crippen LogP contribution < -0.4 is 5.32 Å². The highest BCUT2D eigenvalue weighted by atomic mass is 16.5. The first kappa shape index (κ1) is 15.4. The van der Waals surface area contributed by atoms with Gasteiger partial charge in [-0.2, -0.15) is 0 Å². The number of carbonyl (C=O) groups excluding carboxylic acids is 1. The van der Waals surface area contributed by atoms with Gasteiger partial charge < -0.3 is 19.5 Å². The molecule has 7 nitrogen and oxygen atoms in total. The second-order valence-electron chi connectivity index (χ2n) is 7.01. The van der Waals surface area contributed by atoms with Gasteiger partial charge in [-0.3, -0.25) is 4.79 Å². The van der Waals surface area contributed by atoms with E-state index in [0.29, 0.717) is 24.0 Å². The van der Waals surface area contributed by atoms with Gasteiger partial charge in [0.05, 0.1) is 30.6 Å². The van der Waals surface area contributed by atoms with Crippen LogP contribution in [0.3, 0.4) is 0 Å². The van der Waals surface area contributed by atoms with E-state index in [9.17, 15) is 9.90 Å². The molecule has 2 aromatic heterocycles. The van der Waals surface area contributed by atoms with Gasteiger partial charge in [-0.1, -0.05) is 5.16 Å². The molecule has 2 N–H and O–H groups in total. The molecule has 1 amide bonds. The zero-order valence-corrected chi connectivity index (χ0v) is 13.5. The number of rotatable bonds is 6. The van der Waals surface area contributed by atoms with Crippen molar-refractivity contribution in [2.24, 2.45) is 5.92 Å². The number of nitrogens with zero attached hydrogens (tertiary/aromatic N) is 3. The molecule has 0 saturated heterocycles. The summed E-state index contributed by atoms with van der Waals surface area (Å²) in [6.07, 6.45) is 8.90. The van der Waals surface area contributed by atoms with Crippen LogP contribution in [0.1, 0.15) is 43.1 Å². The SMILES string of the molecule is O=C(Cc1cc(C2CC2)no1)N[C@@H]1CC(Cn2ccnc2)C[C@H]1O. The Morgan fingerprint density at radius 1 is 1.42 bits per heavy atom. The lowest BCUT2D eigenvalue weighted by Gasteiger charge is -2.16. The smallest absolute Gasteiger partial charge is 0.228 e. The van der Waals surface area contributed by atoms with Crippen LogP contribution in [0.15, 0.2) is 29.3 Å². The van der Waals surface area contributed by atoms with Crippen molar-refractivity contribution in [2.75, 3.05) is 0 Å². The molecule has 0 bridgehead atoms. The Kier molecular flexibility index (Phi) is 4.10. The minimum atomic E-state index is -0.501. The van der Waals surface area contributed by atoms with Crippen LogP contribution in [-0.4, -0.2) is 37.9 Å². The highest BCUT2D eigenvalue weighted by Gasteiger charge is 2.34. The van der Waals surface area contributed by atoms with Crippen molar-refractivity contribution in [3.8, 4) is 0 Å². The van der Waals surface area contributed by atoms with E-state index in [1.165, 1.54) is 0 Å². The Hall–Kier alpha value is -2.15. The predicted octanol–water partition coefficient (Wildman–Crippen LogP) is 1.25. The summed E-state index contributed by atoms with van der Waals surface area (Å²) in [5.41, 5.74) is 0.957. The Morgan fingerprint density at radius 2 is 2.29 bits per heavy atom. The molecule has 2 aliphatic rings. The quantitative estimate of drug-likeness (QED) is 0.831. The fraction of sp³-hybridized carbons (Fsp3) is 0.588. The van der Waals surface area contributed by atoms with Crippen LogP contribution in [-0.2, 0) is 17.8 Å². The van der Waals surface area contributed by atoms with E-state index < -0.39 is 6.10 Å². The molecule has 0 aliphatic heterocycles. The number of amides is 1. The van der Waals surface area contributed by atoms with E-state index in [0.717, 1.165) is 31.5 Å². The number of nitrogens with one attached hydrogen (secondary N) is 1. The number of hydrogen-bond acceptors (Lipinski definition) is 5. The van der Waals surface area contributed by atoms with E-state index >= 15 is 0 Å². The van der Waals surface area contributed by atoms with Gasteiger partial charge in [-0.15, -0.1) is 0 Å². The van der Waals surface area contributed by atoms with Crippen LogP contribution in [0.5, 0.6) is 0 Å². The minimum Gasteiger partial charge on any atom is -0.391 e. The molecule has 2 aliphatic carbocycles. The summed E-state index contributed by atoms with van der Waals surface area (Å²) in [7, 11) is 0. The third-order valence-corrected chi connectivity index (χ3v) is 4.91. The minimum absolute atomic E-state index is 0.124. The third kappa shape index (κ3) is 3.51. The molecule has 2 aromatic rings. The van der Waals surface area contributed by atoms with Crippen molar-refractivity contribution in [1.82, 2.24) is 20.0 Å². The topological polar surface area (TPSA) is 93.2 Å². The first-order chi connectivity index (χ1) is 11.7. The van der Waals surface area contributed by atoms with Gasteiger partial charge in [0.15, 0.2) is 0 Å². The molecule has 2 fully saturated rings. The zero-order valence-electron chi connectivity index (χ0n) is 13.5. The number of aliphatic hydroxyl groups excluding tert-OH is 1. The van der Waals surface area contributed by atoms with E-state index in [-0.39, 0.29) is 18.4 Å². The monoisotopic (exact) mass is 330 g/mol. The molecule has 4 rings (SSSR count). The summed E-state index contributed by atoms with van der Waals surface area (Å²) in [4.78, 5) is 16.2. The lowest BCUT2D eigenvalue weighted by atomic mass is 10.1. The van der Waals surface area contributed by atoms with E-state index in [1.54, 1.807) is 12.5 Å². The van der Waals surface area contributed by atoms with Crippen LogP contribution in [0, 0.1) is 5.92 Å². The molecule has 2 saturated carbocycles. The van der Waals surface area contributed by atoms with Gasteiger partial charge in [0.2, 0.25) is 5.91 Å². The van der Waals surface area contributed by atoms with Gasteiger partial charge in [0.25, 0.3) is 0 Å². The maximum atomic E-state index is 12.2. The van der Waals surface area contributed by atoms with E-state index in [2.05, 4.69) is 15.5 Å². The molecule has 0 aromatic carbocycles. The summed E-state index contributed by atoms with van der Waals surface area (Å²) < 4.78 is 7.24. The zero-order chi connectivity index (χ0) is 16.5. The predicted molar refractivity (Wildman–Crippen MR) is 85.1 cm³/mol. The maximum Gasteiger partial charge on any atom is 0.228 e. The van der Waals surface area contributed by atoms with Crippen molar-refractivity contribution in [2.45, 2.75) is 56.7 Å². The van der Waals surface area contributed by atoms with Gasteiger partial charge in [0.1, 0.15) is 5.76 Å². The Labute approximate surface area is 140 Å². The molecule has 24 heavy (non-hydrogen) atoms. The van der Waals surface area contributed by atoms with Crippen molar-refractivity contribution in [3.05, 3.63) is 36.2 Å². The molecule has 1 unspecified atom stereocenters. The second-order valence-corrected chi connectivity index (χ2v) is 7.01. The summed E-state index contributed by atoms with van der Waals surface area (Å²) in [5.74, 6) is 1.33. The molecule has 0 radical (unpaired) electrons. The lowest BCUT2D eigenvalue weighted by Crippen LogP contribution is -2.40. The first-order valence-electron chi connectivity index (χ1n) is 8.56. The third-order valence-electron chi connectivity index (χ3n) is 4.91. The number of aromatic nitrogens is 3. The molecule has 128 valence electrons. The summed E-state index contributed by atoms with van der Waals surface area (Å²) >= 11 is 0. The van der Waals surface area contributed by atoms with E-state index in [4.69, 9.17) is 4.52 Å². The Morgan fingerprint density at radius 3 is 3.04 bits per heavy atom. The highest BCUT2D eigenvalue weighted by Crippen LogP contribution is 2.39. The maximum absolute atomic E-state index is 12.2. The van der Waals surface area contributed by atoms with Gasteiger partial charge in [-0.05, 0) is 31.6 Å². The Balaban J connectivity index is 1.28. The second kappa shape index (κ2) is 6.39. The fourth-order valence-corrected chi connectivity index (χ4v) is 3.52. The highest BCUT2D eigenvalue weighted by molar-refractivity contribution is 5.78. The van der Waals surface area contributed by atoms with Crippen molar-refractivity contribution < 1.29 is 14.4 Å². The van der Waals surface area contributed by atoms with Crippen LogP contribution in [0.4, 0.5) is 0 Å². The van der Waals surface area contributed by atoms with Crippen LogP contribution in [0.2, 0.25) is 0 Å². The fourth-order valence-electron chi connectivity index (χ4n) is 3.52. The average Bonchev–Trinajstić information content (AvgIpc) is 2.93. The molecule has 7 heteroatoms. The largest absolute Gasteiger partial charge is 0.391 e. The van der Waals surface area contributed by atoms with Gasteiger partial charge >= 0.3 is 0 Å². The summed E-state index contributed by atoms with van der Waals surface area (Å²) in [5, 5.41) is 17.2. The van der Waals surface area contributed by atoms with Gasteiger partial charge in [-0.25, -0.2) is 4.98 Å². The molecular formula is C17H22N4O3. The molecular weight excluding hydrogens is 308 g/mol. The average molecular weight is 330 g/mol. The summed E-state index contributed by atoms with van der Waals surface area (Å²) in [6.45, 7) is 0.816. The normalized spacial score (nSPS) is 26.6. The number of carbonyl (C=O) groups is 1.